The summed E-state index contributed by atoms with van der Waals surface area (Å²) < 4.78 is 17.0. The second kappa shape index (κ2) is 10.1. The summed E-state index contributed by atoms with van der Waals surface area (Å²) in [4.78, 5) is 37.0. The Morgan fingerprint density at radius 3 is 2.44 bits per heavy atom. The van der Waals surface area contributed by atoms with Crippen LogP contribution in [-0.4, -0.2) is 63.2 Å². The molecule has 4 N–H and O–H groups in total. The van der Waals surface area contributed by atoms with Crippen LogP contribution in [0.15, 0.2) is 33.0 Å². The number of carbonyl (C=O) groups is 2. The highest BCUT2D eigenvalue weighted by molar-refractivity contribution is 5.88. The molecule has 0 bridgehead atoms. The van der Waals surface area contributed by atoms with Crippen molar-refractivity contribution in [1.82, 2.24) is 0 Å². The van der Waals surface area contributed by atoms with Gasteiger partial charge in [-0.2, -0.15) is 0 Å². The molecule has 1 aromatic carbocycles. The fraction of sp³-hybridized carbons (Fsp3) is 0.458. The van der Waals surface area contributed by atoms with E-state index < -0.39 is 48.5 Å². The zero-order valence-electron chi connectivity index (χ0n) is 19.3. The minimum Gasteiger partial charge on any atom is -0.507 e. The van der Waals surface area contributed by atoms with Crippen LogP contribution in [0.1, 0.15) is 43.8 Å². The monoisotopic (exact) mass is 476 g/mol. The largest absolute Gasteiger partial charge is 0.507 e. The molecule has 5 atom stereocenters. The van der Waals surface area contributed by atoms with Crippen LogP contribution in [0.25, 0.3) is 11.0 Å². The van der Waals surface area contributed by atoms with Gasteiger partial charge in [-0.15, -0.1) is 0 Å². The van der Waals surface area contributed by atoms with Crippen molar-refractivity contribution in [3.8, 4) is 5.75 Å². The van der Waals surface area contributed by atoms with Crippen molar-refractivity contribution in [2.24, 2.45) is 0 Å². The molecule has 184 valence electrons. The Morgan fingerprint density at radius 2 is 1.85 bits per heavy atom. The van der Waals surface area contributed by atoms with Crippen molar-refractivity contribution in [2.75, 3.05) is 6.61 Å². The molecule has 34 heavy (non-hydrogen) atoms. The highest BCUT2D eigenvalue weighted by Gasteiger charge is 2.49. The number of hydrogen-bond acceptors (Lipinski definition) is 10. The Bertz CT molecular complexity index is 1190. The molecule has 1 aromatic heterocycles. The molecule has 10 heteroatoms. The van der Waals surface area contributed by atoms with E-state index in [-0.39, 0.29) is 45.8 Å². The summed E-state index contributed by atoms with van der Waals surface area (Å²) in [5.74, 6) is -1.40. The lowest BCUT2D eigenvalue weighted by Gasteiger charge is -2.42. The summed E-state index contributed by atoms with van der Waals surface area (Å²) in [5.41, 5.74) is -0.103. The summed E-state index contributed by atoms with van der Waals surface area (Å²) in [6.07, 6.45) is -6.24. The van der Waals surface area contributed by atoms with Gasteiger partial charge in [0, 0.05) is 11.6 Å². The van der Waals surface area contributed by atoms with Crippen LogP contribution >= 0.6 is 0 Å². The number of aliphatic hydroxyl groups is 3. The molecule has 10 nitrogen and oxygen atoms in total. The van der Waals surface area contributed by atoms with E-state index in [4.69, 9.17) is 13.9 Å². The number of ketones is 1. The summed E-state index contributed by atoms with van der Waals surface area (Å²) >= 11 is 0. The maximum absolute atomic E-state index is 12.9. The number of rotatable bonds is 6. The minimum absolute atomic E-state index is 0.0460. The third-order valence-electron chi connectivity index (χ3n) is 5.84. The summed E-state index contributed by atoms with van der Waals surface area (Å²) in [7, 11) is 0. The van der Waals surface area contributed by atoms with E-state index >= 15 is 0 Å². The Morgan fingerprint density at radius 1 is 1.18 bits per heavy atom. The Balaban J connectivity index is 2.27. The molecular formula is C24H28O10. The molecule has 2 heterocycles. The number of esters is 1. The first kappa shape index (κ1) is 25.6. The predicted octanol–water partition coefficient (Wildman–Crippen LogP) is 0.971. The average Bonchev–Trinajstić information content (AvgIpc) is 2.76. The van der Waals surface area contributed by atoms with E-state index in [1.807, 2.05) is 0 Å². The van der Waals surface area contributed by atoms with E-state index in [1.165, 1.54) is 32.1 Å². The molecule has 1 fully saturated rings. The van der Waals surface area contributed by atoms with Crippen LogP contribution in [0, 0.1) is 6.92 Å². The van der Waals surface area contributed by atoms with Crippen LogP contribution in [0.2, 0.25) is 0 Å². The maximum atomic E-state index is 12.9. The number of aliphatic hydroxyl groups excluding tert-OH is 3. The van der Waals surface area contributed by atoms with Gasteiger partial charge in [0.25, 0.3) is 0 Å². The Hall–Kier alpha value is -3.05. The van der Waals surface area contributed by atoms with Gasteiger partial charge in [0.05, 0.1) is 24.0 Å². The summed E-state index contributed by atoms with van der Waals surface area (Å²) in [5, 5.41) is 41.8. The molecule has 0 aliphatic carbocycles. The van der Waals surface area contributed by atoms with Gasteiger partial charge in [0.1, 0.15) is 47.3 Å². The van der Waals surface area contributed by atoms with E-state index in [2.05, 4.69) is 0 Å². The SMILES string of the molecule is CC=C(C)C(=O)O[C@@H]1[C@@H](O)[C@H](O)[C@@H](CO)O[C@H]1c1c(O)cc(C)c2c(=O)cc(CC(C)=O)oc12. The van der Waals surface area contributed by atoms with Crippen molar-refractivity contribution in [3.05, 3.63) is 50.9 Å². The lowest BCUT2D eigenvalue weighted by molar-refractivity contribution is -0.240. The van der Waals surface area contributed by atoms with Crippen LogP contribution in [0.3, 0.4) is 0 Å². The number of Topliss-reactive ketones (excluding diaryl/α,β-unsaturated/α-hetero) is 1. The van der Waals surface area contributed by atoms with Crippen molar-refractivity contribution in [2.45, 2.75) is 64.6 Å². The van der Waals surface area contributed by atoms with E-state index in [9.17, 15) is 34.8 Å². The molecule has 0 saturated carbocycles. The second-order valence-corrected chi connectivity index (χ2v) is 8.39. The topological polar surface area (TPSA) is 164 Å². The van der Waals surface area contributed by atoms with Gasteiger partial charge in [-0.3, -0.25) is 9.59 Å². The fourth-order valence-electron chi connectivity index (χ4n) is 3.97. The number of ether oxygens (including phenoxy) is 2. The molecule has 0 radical (unpaired) electrons. The molecular weight excluding hydrogens is 448 g/mol. The number of fused-ring (bicyclic) bond motifs is 1. The first-order valence-electron chi connectivity index (χ1n) is 10.7. The van der Waals surface area contributed by atoms with Gasteiger partial charge >= 0.3 is 5.97 Å². The molecule has 1 aliphatic rings. The van der Waals surface area contributed by atoms with Crippen LogP contribution in [0.5, 0.6) is 5.75 Å². The molecule has 3 rings (SSSR count). The standard InChI is InChI=1S/C24H28O10/c1-5-10(2)24(31)34-23-20(30)19(29)16(9-25)33-22(23)18-14(27)6-11(3)17-15(28)8-13(7-12(4)26)32-21(17)18/h5-6,8,16,19-20,22-23,25,27,29-30H,7,9H2,1-4H3/t16-,19-,20+,22+,23-/m1/s1. The Labute approximate surface area is 195 Å². The number of aromatic hydroxyl groups is 1. The van der Waals surface area contributed by atoms with Crippen molar-refractivity contribution >= 4 is 22.7 Å². The van der Waals surface area contributed by atoms with Gasteiger partial charge in [-0.25, -0.2) is 4.79 Å². The average molecular weight is 476 g/mol. The Kier molecular flexibility index (Phi) is 7.57. The lowest BCUT2D eigenvalue weighted by Crippen LogP contribution is -2.56. The molecule has 0 spiro atoms. The third-order valence-corrected chi connectivity index (χ3v) is 5.84. The minimum atomic E-state index is -1.70. The first-order chi connectivity index (χ1) is 16.0. The first-order valence-corrected chi connectivity index (χ1v) is 10.7. The van der Waals surface area contributed by atoms with Crippen molar-refractivity contribution in [1.29, 1.82) is 0 Å². The summed E-state index contributed by atoms with van der Waals surface area (Å²) in [6.45, 7) is 5.32. The molecule has 0 amide bonds. The number of allylic oxidation sites excluding steroid dienone is 1. The van der Waals surface area contributed by atoms with Crippen LogP contribution < -0.4 is 5.43 Å². The van der Waals surface area contributed by atoms with Gasteiger partial charge < -0.3 is 34.3 Å². The molecule has 2 aromatic rings. The molecule has 0 unspecified atom stereocenters. The van der Waals surface area contributed by atoms with Crippen LogP contribution in [0.4, 0.5) is 0 Å². The van der Waals surface area contributed by atoms with Gasteiger partial charge in [-0.1, -0.05) is 6.08 Å². The molecule has 1 aliphatic heterocycles. The lowest BCUT2D eigenvalue weighted by atomic mass is 9.89. The van der Waals surface area contributed by atoms with Gasteiger partial charge in [0.2, 0.25) is 0 Å². The molecule has 1 saturated heterocycles. The predicted molar refractivity (Wildman–Crippen MR) is 119 cm³/mol. The van der Waals surface area contributed by atoms with Gasteiger partial charge in [0.15, 0.2) is 11.5 Å². The zero-order valence-corrected chi connectivity index (χ0v) is 19.3. The quantitative estimate of drug-likeness (QED) is 0.349. The highest BCUT2D eigenvalue weighted by Crippen LogP contribution is 2.42. The highest BCUT2D eigenvalue weighted by atomic mass is 16.6. The number of hydrogen-bond donors (Lipinski definition) is 4. The van der Waals surface area contributed by atoms with Crippen molar-refractivity contribution < 1.29 is 43.9 Å². The van der Waals surface area contributed by atoms with Crippen molar-refractivity contribution in [3.63, 3.8) is 0 Å². The van der Waals surface area contributed by atoms with Crippen LogP contribution in [-0.2, 0) is 25.5 Å². The fourth-order valence-corrected chi connectivity index (χ4v) is 3.97. The zero-order chi connectivity index (χ0) is 25.3. The van der Waals surface area contributed by atoms with E-state index in [0.29, 0.717) is 5.56 Å². The number of phenolic OH excluding ortho intramolecular Hbond substituents is 1. The smallest absolute Gasteiger partial charge is 0.333 e. The summed E-state index contributed by atoms with van der Waals surface area (Å²) in [6, 6.07) is 2.48. The van der Waals surface area contributed by atoms with Gasteiger partial charge in [-0.05, 0) is 39.3 Å². The van der Waals surface area contributed by atoms with E-state index in [1.54, 1.807) is 13.8 Å². The second-order valence-electron chi connectivity index (χ2n) is 8.39. The number of aryl methyl sites for hydroxylation is 1. The third kappa shape index (κ3) is 4.76. The normalized spacial score (nSPS) is 25.4. The maximum Gasteiger partial charge on any atom is 0.333 e. The number of carbonyl (C=O) groups excluding carboxylic acids is 2. The van der Waals surface area contributed by atoms with E-state index in [0.717, 1.165) is 0 Å². The number of phenols is 1. The number of benzene rings is 1.